The van der Waals surface area contributed by atoms with Crippen molar-refractivity contribution in [2.75, 3.05) is 25.2 Å². The monoisotopic (exact) mass is 422 g/mol. The van der Waals surface area contributed by atoms with Gasteiger partial charge in [-0.25, -0.2) is 4.79 Å². The summed E-state index contributed by atoms with van der Waals surface area (Å²) in [5, 5.41) is 9.24. The van der Waals surface area contributed by atoms with E-state index in [9.17, 15) is 14.4 Å². The van der Waals surface area contributed by atoms with Crippen molar-refractivity contribution < 1.29 is 14.4 Å². The largest absolute Gasteiger partial charge is 0.339 e. The van der Waals surface area contributed by atoms with Crippen LogP contribution in [0.25, 0.3) is 0 Å². The summed E-state index contributed by atoms with van der Waals surface area (Å²) in [4.78, 5) is 37.6. The van der Waals surface area contributed by atoms with E-state index in [2.05, 4.69) is 16.0 Å². The Labute approximate surface area is 173 Å². The Morgan fingerprint density at radius 1 is 1.21 bits per heavy atom. The fraction of sp³-hybridized carbons (Fsp3) is 0.526. The summed E-state index contributed by atoms with van der Waals surface area (Å²) in [6, 6.07) is 7.71. The lowest BCUT2D eigenvalue weighted by molar-refractivity contribution is -0.116. The molecule has 3 atom stereocenters. The second kappa shape index (κ2) is 9.56. The number of hydrogen-bond donors (Lipinski definition) is 3. The first-order valence-corrected chi connectivity index (χ1v) is 11.3. The zero-order valence-corrected chi connectivity index (χ0v) is 17.7. The average Bonchev–Trinajstić information content (AvgIpc) is 3.19. The molecule has 0 aromatic heterocycles. The van der Waals surface area contributed by atoms with Crippen molar-refractivity contribution in [3.05, 3.63) is 24.3 Å². The van der Waals surface area contributed by atoms with Crippen LogP contribution in [0.4, 0.5) is 15.3 Å². The molecule has 4 amide bonds. The fourth-order valence-electron chi connectivity index (χ4n) is 3.30. The summed E-state index contributed by atoms with van der Waals surface area (Å²) in [5.74, 6) is 0.959. The molecule has 2 saturated heterocycles. The van der Waals surface area contributed by atoms with E-state index < -0.39 is 0 Å². The summed E-state index contributed by atoms with van der Waals surface area (Å²) < 4.78 is 0. The summed E-state index contributed by atoms with van der Waals surface area (Å²) in [5.41, 5.74) is 0.737. The van der Waals surface area contributed by atoms with Crippen LogP contribution >= 0.6 is 23.5 Å². The van der Waals surface area contributed by atoms with Crippen LogP contribution in [-0.4, -0.2) is 59.3 Å². The molecule has 0 aliphatic carbocycles. The predicted molar refractivity (Wildman–Crippen MR) is 114 cm³/mol. The molecule has 2 aliphatic heterocycles. The van der Waals surface area contributed by atoms with Gasteiger partial charge in [0.2, 0.25) is 5.91 Å². The Morgan fingerprint density at radius 2 is 1.96 bits per heavy atom. The van der Waals surface area contributed by atoms with Gasteiger partial charge >= 0.3 is 6.03 Å². The zero-order chi connectivity index (χ0) is 20.1. The Bertz CT molecular complexity index is 726. The van der Waals surface area contributed by atoms with E-state index in [4.69, 9.17) is 0 Å². The highest BCUT2D eigenvalue weighted by Crippen LogP contribution is 2.33. The third-order valence-electron chi connectivity index (χ3n) is 4.79. The van der Waals surface area contributed by atoms with Gasteiger partial charge in [0.25, 0.3) is 5.24 Å². The van der Waals surface area contributed by atoms with E-state index in [0.29, 0.717) is 11.7 Å². The Balaban J connectivity index is 1.34. The second-order valence-electron chi connectivity index (χ2n) is 7.20. The minimum absolute atomic E-state index is 0.00226. The summed E-state index contributed by atoms with van der Waals surface area (Å²) in [6.45, 7) is 0. The first kappa shape index (κ1) is 20.9. The second-order valence-corrected chi connectivity index (χ2v) is 9.50. The van der Waals surface area contributed by atoms with Gasteiger partial charge in [-0.2, -0.15) is 11.8 Å². The highest BCUT2D eigenvalue weighted by Gasteiger charge is 2.42. The SMILES string of the molecule is CN(C)C(=O)Sc1ccc(NC(=O)CCCC[C@@H]2SC[C@@H]3NC(=O)N[C@@H]32)cc1. The number of nitrogens with zero attached hydrogens (tertiary/aromatic N) is 1. The fourth-order valence-corrected chi connectivity index (χ4v) is 5.50. The van der Waals surface area contributed by atoms with E-state index in [0.717, 1.165) is 47.4 Å². The Morgan fingerprint density at radius 3 is 2.68 bits per heavy atom. The average molecular weight is 423 g/mol. The maximum Gasteiger partial charge on any atom is 0.315 e. The number of urea groups is 1. The molecule has 0 bridgehead atoms. The summed E-state index contributed by atoms with van der Waals surface area (Å²) in [6.07, 6.45) is 3.28. The van der Waals surface area contributed by atoms with E-state index in [1.807, 2.05) is 36.0 Å². The summed E-state index contributed by atoms with van der Waals surface area (Å²) >= 11 is 3.05. The molecule has 28 heavy (non-hydrogen) atoms. The predicted octanol–water partition coefficient (Wildman–Crippen LogP) is 3.12. The normalized spacial score (nSPS) is 22.9. The molecular weight excluding hydrogens is 396 g/mol. The van der Waals surface area contributed by atoms with Crippen LogP contribution in [0.3, 0.4) is 0 Å². The van der Waals surface area contributed by atoms with Crippen molar-refractivity contribution in [1.82, 2.24) is 15.5 Å². The Kier molecular flexibility index (Phi) is 7.12. The number of hydrogen-bond acceptors (Lipinski definition) is 5. The maximum atomic E-state index is 12.1. The van der Waals surface area contributed by atoms with Gasteiger partial charge in [-0.3, -0.25) is 9.59 Å². The van der Waals surface area contributed by atoms with E-state index in [1.54, 1.807) is 14.1 Å². The third-order valence-corrected chi connectivity index (χ3v) is 7.35. The van der Waals surface area contributed by atoms with E-state index in [1.165, 1.54) is 4.90 Å². The molecule has 2 heterocycles. The van der Waals surface area contributed by atoms with Crippen LogP contribution in [0, 0.1) is 0 Å². The van der Waals surface area contributed by atoms with Crippen molar-refractivity contribution in [2.45, 2.75) is 47.9 Å². The van der Waals surface area contributed by atoms with Gasteiger partial charge in [0, 0.05) is 42.1 Å². The molecule has 0 radical (unpaired) electrons. The number of amides is 4. The van der Waals surface area contributed by atoms with Gasteiger partial charge in [-0.1, -0.05) is 6.42 Å². The number of unbranched alkanes of at least 4 members (excludes halogenated alkanes) is 1. The van der Waals surface area contributed by atoms with Crippen LogP contribution < -0.4 is 16.0 Å². The topological polar surface area (TPSA) is 90.5 Å². The van der Waals surface area contributed by atoms with Gasteiger partial charge in [0.1, 0.15) is 0 Å². The molecule has 3 rings (SSSR count). The van der Waals surface area contributed by atoms with Gasteiger partial charge in [0.05, 0.1) is 12.1 Å². The molecule has 1 aromatic carbocycles. The van der Waals surface area contributed by atoms with Crippen LogP contribution in [0.15, 0.2) is 29.2 Å². The molecule has 0 spiro atoms. The number of anilines is 1. The third kappa shape index (κ3) is 5.57. The van der Waals surface area contributed by atoms with Crippen molar-refractivity contribution in [3.8, 4) is 0 Å². The van der Waals surface area contributed by atoms with Gasteiger partial charge in [-0.15, -0.1) is 0 Å². The van der Waals surface area contributed by atoms with Gasteiger partial charge < -0.3 is 20.9 Å². The van der Waals surface area contributed by atoms with Crippen LogP contribution in [0.1, 0.15) is 25.7 Å². The number of carbonyl (C=O) groups is 3. The minimum atomic E-state index is -0.0600. The van der Waals surface area contributed by atoms with Crippen LogP contribution in [0.5, 0.6) is 0 Å². The Hall–Kier alpha value is -1.87. The van der Waals surface area contributed by atoms with Gasteiger partial charge in [0.15, 0.2) is 0 Å². The molecule has 7 nitrogen and oxygen atoms in total. The molecular formula is C19H26N4O3S2. The van der Waals surface area contributed by atoms with Crippen molar-refractivity contribution >= 4 is 46.4 Å². The highest BCUT2D eigenvalue weighted by atomic mass is 32.2. The zero-order valence-electron chi connectivity index (χ0n) is 16.1. The maximum absolute atomic E-state index is 12.1. The molecule has 2 fully saturated rings. The standard InChI is InChI=1S/C19H26N4O3S2/c1-23(2)19(26)28-13-9-7-12(8-10-13)20-16(24)6-4-3-5-15-17-14(11-27-15)21-18(25)22-17/h7-10,14-15,17H,3-6,11H2,1-2H3,(H,20,24)(H2,21,22,25)/t14-,15-,17-/m0/s1. The lowest BCUT2D eigenvalue weighted by Gasteiger charge is -2.16. The lowest BCUT2D eigenvalue weighted by Crippen LogP contribution is -2.36. The number of benzene rings is 1. The molecule has 9 heteroatoms. The van der Waals surface area contributed by atoms with Crippen molar-refractivity contribution in [1.29, 1.82) is 0 Å². The minimum Gasteiger partial charge on any atom is -0.339 e. The number of carbonyl (C=O) groups excluding carboxylic acids is 3. The first-order chi connectivity index (χ1) is 13.4. The highest BCUT2D eigenvalue weighted by molar-refractivity contribution is 8.13. The van der Waals surface area contributed by atoms with E-state index >= 15 is 0 Å². The number of fused-ring (bicyclic) bond motifs is 1. The molecule has 0 unspecified atom stereocenters. The smallest absolute Gasteiger partial charge is 0.315 e. The molecule has 3 N–H and O–H groups in total. The molecule has 2 aliphatic rings. The molecule has 0 saturated carbocycles. The number of nitrogens with one attached hydrogen (secondary N) is 3. The first-order valence-electron chi connectivity index (χ1n) is 9.40. The van der Waals surface area contributed by atoms with E-state index in [-0.39, 0.29) is 29.3 Å². The lowest BCUT2D eigenvalue weighted by atomic mass is 10.0. The summed E-state index contributed by atoms with van der Waals surface area (Å²) in [7, 11) is 3.43. The molecule has 152 valence electrons. The van der Waals surface area contributed by atoms with Crippen molar-refractivity contribution in [2.24, 2.45) is 0 Å². The number of thioether (sulfide) groups is 2. The van der Waals surface area contributed by atoms with Crippen molar-refractivity contribution in [3.63, 3.8) is 0 Å². The van der Waals surface area contributed by atoms with Crippen LogP contribution in [0.2, 0.25) is 0 Å². The number of rotatable bonds is 7. The quantitative estimate of drug-likeness (QED) is 0.357. The molecule has 1 aromatic rings. The van der Waals surface area contributed by atoms with Gasteiger partial charge in [-0.05, 0) is 48.9 Å². The van der Waals surface area contributed by atoms with Crippen LogP contribution in [-0.2, 0) is 4.79 Å².